The molecular formula is C9H16F2O2. The molecule has 0 amide bonds. The van der Waals surface area contributed by atoms with Gasteiger partial charge in [-0.3, -0.25) is 0 Å². The first-order chi connectivity index (χ1) is 6.02. The molecule has 0 aromatic heterocycles. The second-order valence-electron chi connectivity index (χ2n) is 3.63. The van der Waals surface area contributed by atoms with Crippen molar-refractivity contribution in [3.05, 3.63) is 0 Å². The van der Waals surface area contributed by atoms with Crippen molar-refractivity contribution in [2.75, 3.05) is 6.61 Å². The Bertz CT molecular complexity index is 154. The van der Waals surface area contributed by atoms with Gasteiger partial charge in [0.25, 0.3) is 5.92 Å². The lowest BCUT2D eigenvalue weighted by Crippen LogP contribution is -2.36. The van der Waals surface area contributed by atoms with Crippen LogP contribution in [-0.4, -0.2) is 29.8 Å². The lowest BCUT2D eigenvalue weighted by molar-refractivity contribution is -0.137. The first-order valence-corrected chi connectivity index (χ1v) is 4.70. The van der Waals surface area contributed by atoms with Crippen molar-refractivity contribution in [3.8, 4) is 0 Å². The van der Waals surface area contributed by atoms with Gasteiger partial charge in [0, 0.05) is 13.0 Å². The molecule has 1 aliphatic rings. The average molecular weight is 194 g/mol. The summed E-state index contributed by atoms with van der Waals surface area (Å²) in [4.78, 5) is 0. The van der Waals surface area contributed by atoms with Gasteiger partial charge < -0.3 is 9.84 Å². The Balaban J connectivity index is 2.37. The molecule has 0 aromatic carbocycles. The first-order valence-electron chi connectivity index (χ1n) is 4.70. The molecule has 1 rings (SSSR count). The van der Waals surface area contributed by atoms with E-state index in [4.69, 9.17) is 9.84 Å². The lowest BCUT2D eigenvalue weighted by atomic mass is 10.0. The molecular weight excluding hydrogens is 178 g/mol. The monoisotopic (exact) mass is 194 g/mol. The van der Waals surface area contributed by atoms with E-state index in [0.717, 1.165) is 19.8 Å². The summed E-state index contributed by atoms with van der Waals surface area (Å²) in [6.45, 7) is 1.68. The highest BCUT2D eigenvalue weighted by Crippen LogP contribution is 2.29. The molecule has 2 nitrogen and oxygen atoms in total. The molecule has 1 fully saturated rings. The fourth-order valence-corrected chi connectivity index (χ4v) is 1.44. The summed E-state index contributed by atoms with van der Waals surface area (Å²) < 4.78 is 31.2. The summed E-state index contributed by atoms with van der Waals surface area (Å²) in [5.41, 5.74) is 0. The van der Waals surface area contributed by atoms with Gasteiger partial charge in [0.15, 0.2) is 0 Å². The van der Waals surface area contributed by atoms with Crippen LogP contribution in [0.15, 0.2) is 0 Å². The van der Waals surface area contributed by atoms with Crippen LogP contribution in [0.5, 0.6) is 0 Å². The summed E-state index contributed by atoms with van der Waals surface area (Å²) in [6.07, 6.45) is 0.265. The number of hydrogen-bond donors (Lipinski definition) is 1. The molecule has 1 aliphatic heterocycles. The van der Waals surface area contributed by atoms with E-state index in [9.17, 15) is 8.78 Å². The maximum atomic E-state index is 13.0. The minimum Gasteiger partial charge on any atom is -0.387 e. The van der Waals surface area contributed by atoms with Crippen molar-refractivity contribution in [1.82, 2.24) is 0 Å². The lowest BCUT2D eigenvalue weighted by Gasteiger charge is -2.28. The highest BCUT2D eigenvalue weighted by Gasteiger charge is 2.38. The van der Waals surface area contributed by atoms with Crippen LogP contribution in [0.2, 0.25) is 0 Å². The van der Waals surface area contributed by atoms with Gasteiger partial charge in [-0.15, -0.1) is 0 Å². The number of alkyl halides is 2. The van der Waals surface area contributed by atoms with E-state index < -0.39 is 12.0 Å². The van der Waals surface area contributed by atoms with Crippen LogP contribution in [0.3, 0.4) is 0 Å². The Morgan fingerprint density at radius 3 is 2.69 bits per heavy atom. The van der Waals surface area contributed by atoms with Gasteiger partial charge in [-0.25, -0.2) is 8.78 Å². The van der Waals surface area contributed by atoms with Crippen molar-refractivity contribution >= 4 is 0 Å². The number of aliphatic hydroxyl groups is 1. The SMILES string of the molecule is CC(O)C(F)(F)CC1CCCCO1. The van der Waals surface area contributed by atoms with E-state index in [1.54, 1.807) is 0 Å². The summed E-state index contributed by atoms with van der Waals surface area (Å²) in [6, 6.07) is 0. The van der Waals surface area contributed by atoms with Gasteiger partial charge in [-0.2, -0.15) is 0 Å². The van der Waals surface area contributed by atoms with E-state index in [1.807, 2.05) is 0 Å². The van der Waals surface area contributed by atoms with Crippen LogP contribution in [-0.2, 0) is 4.74 Å². The molecule has 0 saturated carbocycles. The molecule has 0 radical (unpaired) electrons. The zero-order chi connectivity index (χ0) is 9.90. The molecule has 0 bridgehead atoms. The number of rotatable bonds is 3. The van der Waals surface area contributed by atoms with Crippen molar-refractivity contribution in [2.45, 2.75) is 50.7 Å². The van der Waals surface area contributed by atoms with Crippen LogP contribution in [0, 0.1) is 0 Å². The van der Waals surface area contributed by atoms with Crippen LogP contribution in [0.1, 0.15) is 32.6 Å². The van der Waals surface area contributed by atoms with Gasteiger partial charge >= 0.3 is 0 Å². The Kier molecular flexibility index (Phi) is 3.62. The minimum atomic E-state index is -3.01. The average Bonchev–Trinajstić information content (AvgIpc) is 2.05. The zero-order valence-corrected chi connectivity index (χ0v) is 7.80. The molecule has 78 valence electrons. The summed E-state index contributed by atoms with van der Waals surface area (Å²) in [5.74, 6) is -3.01. The largest absolute Gasteiger partial charge is 0.387 e. The third kappa shape index (κ3) is 3.19. The Morgan fingerprint density at radius 2 is 2.23 bits per heavy atom. The molecule has 2 unspecified atom stereocenters. The Hall–Kier alpha value is -0.220. The van der Waals surface area contributed by atoms with Crippen molar-refractivity contribution < 1.29 is 18.6 Å². The predicted molar refractivity (Wildman–Crippen MR) is 44.8 cm³/mol. The third-order valence-electron chi connectivity index (χ3n) is 2.39. The predicted octanol–water partition coefficient (Wildman–Crippen LogP) is 1.96. The number of hydrogen-bond acceptors (Lipinski definition) is 2. The van der Waals surface area contributed by atoms with Crippen LogP contribution in [0.25, 0.3) is 0 Å². The van der Waals surface area contributed by atoms with E-state index in [2.05, 4.69) is 0 Å². The smallest absolute Gasteiger partial charge is 0.275 e. The third-order valence-corrected chi connectivity index (χ3v) is 2.39. The van der Waals surface area contributed by atoms with Crippen molar-refractivity contribution in [3.63, 3.8) is 0 Å². The second-order valence-corrected chi connectivity index (χ2v) is 3.63. The molecule has 4 heteroatoms. The van der Waals surface area contributed by atoms with Crippen LogP contribution < -0.4 is 0 Å². The second kappa shape index (κ2) is 4.33. The van der Waals surface area contributed by atoms with Gasteiger partial charge in [0.05, 0.1) is 6.10 Å². The molecule has 1 saturated heterocycles. The molecule has 2 atom stereocenters. The standard InChI is InChI=1S/C9H16F2O2/c1-7(12)9(10,11)6-8-4-2-3-5-13-8/h7-8,12H,2-6H2,1H3. The molecule has 13 heavy (non-hydrogen) atoms. The molecule has 1 N–H and O–H groups in total. The first kappa shape index (κ1) is 10.9. The highest BCUT2D eigenvalue weighted by molar-refractivity contribution is 4.78. The topological polar surface area (TPSA) is 29.5 Å². The molecule has 0 spiro atoms. The van der Waals surface area contributed by atoms with E-state index in [1.165, 1.54) is 0 Å². The zero-order valence-electron chi connectivity index (χ0n) is 7.80. The van der Waals surface area contributed by atoms with Gasteiger partial charge in [0.1, 0.15) is 6.10 Å². The quantitative estimate of drug-likeness (QED) is 0.744. The maximum absolute atomic E-state index is 13.0. The molecule has 0 aliphatic carbocycles. The highest BCUT2D eigenvalue weighted by atomic mass is 19.3. The van der Waals surface area contributed by atoms with Crippen molar-refractivity contribution in [1.29, 1.82) is 0 Å². The van der Waals surface area contributed by atoms with E-state index >= 15 is 0 Å². The Morgan fingerprint density at radius 1 is 1.54 bits per heavy atom. The Labute approximate surface area is 76.9 Å². The number of halogens is 2. The van der Waals surface area contributed by atoms with Crippen LogP contribution >= 0.6 is 0 Å². The van der Waals surface area contributed by atoms with E-state index in [-0.39, 0.29) is 12.5 Å². The number of ether oxygens (including phenoxy) is 1. The van der Waals surface area contributed by atoms with Gasteiger partial charge in [-0.1, -0.05) is 0 Å². The number of aliphatic hydroxyl groups excluding tert-OH is 1. The fraction of sp³-hybridized carbons (Fsp3) is 1.00. The maximum Gasteiger partial charge on any atom is 0.275 e. The van der Waals surface area contributed by atoms with Gasteiger partial charge in [0.2, 0.25) is 0 Å². The normalized spacial score (nSPS) is 27.2. The van der Waals surface area contributed by atoms with Gasteiger partial charge in [-0.05, 0) is 26.2 Å². The molecule has 0 aromatic rings. The minimum absolute atomic E-state index is 0.356. The fourth-order valence-electron chi connectivity index (χ4n) is 1.44. The summed E-state index contributed by atoms with van der Waals surface area (Å²) >= 11 is 0. The van der Waals surface area contributed by atoms with Crippen LogP contribution in [0.4, 0.5) is 8.78 Å². The summed E-state index contributed by atoms with van der Waals surface area (Å²) in [5, 5.41) is 8.81. The molecule has 1 heterocycles. The van der Waals surface area contributed by atoms with E-state index in [0.29, 0.717) is 13.0 Å². The summed E-state index contributed by atoms with van der Waals surface area (Å²) in [7, 11) is 0. The van der Waals surface area contributed by atoms with Crippen molar-refractivity contribution in [2.24, 2.45) is 0 Å².